The van der Waals surface area contributed by atoms with Crippen LogP contribution in [0, 0.1) is 0 Å². The minimum Gasteiger partial charge on any atom is -0.430 e. The van der Waals surface area contributed by atoms with Crippen molar-refractivity contribution in [3.63, 3.8) is 0 Å². The Bertz CT molecular complexity index is 708. The van der Waals surface area contributed by atoms with Crippen LogP contribution in [0.4, 0.5) is 16.2 Å². The first kappa shape index (κ1) is 18.0. The van der Waals surface area contributed by atoms with Crippen LogP contribution in [-0.4, -0.2) is 36.7 Å². The third-order valence-electron chi connectivity index (χ3n) is 3.98. The number of anilines is 2. The third-order valence-corrected chi connectivity index (χ3v) is 5.20. The molecule has 1 heterocycles. The molecular formula is C19H21ClN2O2S. The molecule has 1 unspecified atom stereocenters. The number of nitrogens with zero attached hydrogens (tertiary/aromatic N) is 2. The zero-order valence-corrected chi connectivity index (χ0v) is 15.9. The number of hydrogen-bond acceptors (Lipinski definition) is 4. The minimum atomic E-state index is -0.618. The molecule has 0 saturated heterocycles. The quantitative estimate of drug-likeness (QED) is 0.660. The van der Waals surface area contributed by atoms with Crippen molar-refractivity contribution >= 4 is 40.8 Å². The van der Waals surface area contributed by atoms with Gasteiger partial charge in [0.2, 0.25) is 0 Å². The van der Waals surface area contributed by atoms with Crippen LogP contribution in [0.15, 0.2) is 58.3 Å². The van der Waals surface area contributed by atoms with E-state index in [0.29, 0.717) is 6.54 Å². The smallest absolute Gasteiger partial charge is 0.410 e. The van der Waals surface area contributed by atoms with E-state index in [9.17, 15) is 4.79 Å². The Kier molecular flexibility index (Phi) is 5.76. The number of para-hydroxylation sites is 2. The van der Waals surface area contributed by atoms with Gasteiger partial charge in [0, 0.05) is 29.9 Å². The topological polar surface area (TPSA) is 32.8 Å². The number of carbonyl (C=O) groups is 1. The highest BCUT2D eigenvalue weighted by Gasteiger charge is 2.22. The van der Waals surface area contributed by atoms with Crippen molar-refractivity contribution in [2.24, 2.45) is 0 Å². The number of halogens is 1. The summed E-state index contributed by atoms with van der Waals surface area (Å²) >= 11 is 7.50. The van der Waals surface area contributed by atoms with Gasteiger partial charge in [-0.2, -0.15) is 0 Å². The van der Waals surface area contributed by atoms with Crippen LogP contribution in [0.1, 0.15) is 13.3 Å². The maximum atomic E-state index is 11.8. The minimum absolute atomic E-state index is 0.391. The molecule has 3 rings (SSSR count). The van der Waals surface area contributed by atoms with Crippen LogP contribution in [0.3, 0.4) is 0 Å². The van der Waals surface area contributed by atoms with Crippen LogP contribution in [0.5, 0.6) is 0 Å². The molecule has 0 radical (unpaired) electrons. The van der Waals surface area contributed by atoms with E-state index in [1.807, 2.05) is 0 Å². The Labute approximate surface area is 157 Å². The van der Waals surface area contributed by atoms with Gasteiger partial charge in [0.05, 0.1) is 11.4 Å². The van der Waals surface area contributed by atoms with Crippen molar-refractivity contribution in [3.05, 3.63) is 48.5 Å². The molecule has 1 atom stereocenters. The number of ether oxygens (including phenoxy) is 1. The molecule has 0 spiro atoms. The number of rotatable bonds is 5. The molecule has 1 aliphatic rings. The highest BCUT2D eigenvalue weighted by Crippen LogP contribution is 2.47. The molecule has 0 fully saturated rings. The number of alkyl halides is 1. The zero-order chi connectivity index (χ0) is 17.8. The summed E-state index contributed by atoms with van der Waals surface area (Å²) < 4.78 is 5.00. The normalized spacial score (nSPS) is 13.6. The molecule has 6 heteroatoms. The Morgan fingerprint density at radius 2 is 1.72 bits per heavy atom. The van der Waals surface area contributed by atoms with Crippen LogP contribution >= 0.6 is 23.4 Å². The number of hydrogen-bond donors (Lipinski definition) is 0. The van der Waals surface area contributed by atoms with Gasteiger partial charge in [-0.1, -0.05) is 47.6 Å². The average Bonchev–Trinajstić information content (AvgIpc) is 2.60. The number of benzene rings is 2. The van der Waals surface area contributed by atoms with E-state index in [1.165, 1.54) is 21.2 Å². The first-order valence-corrected chi connectivity index (χ1v) is 9.51. The van der Waals surface area contributed by atoms with E-state index in [-0.39, 0.29) is 0 Å². The maximum Gasteiger partial charge on any atom is 0.410 e. The predicted octanol–water partition coefficient (Wildman–Crippen LogP) is 5.33. The summed E-state index contributed by atoms with van der Waals surface area (Å²) in [7, 11) is 1.73. The van der Waals surface area contributed by atoms with Crippen LogP contribution in [0.25, 0.3) is 0 Å². The van der Waals surface area contributed by atoms with Crippen LogP contribution in [-0.2, 0) is 4.74 Å². The monoisotopic (exact) mass is 376 g/mol. The second-order valence-electron chi connectivity index (χ2n) is 5.89. The highest BCUT2D eigenvalue weighted by atomic mass is 35.5. The number of amides is 1. The number of carbonyl (C=O) groups excluding carboxylic acids is 1. The van der Waals surface area contributed by atoms with Crippen molar-refractivity contribution in [1.29, 1.82) is 0 Å². The van der Waals surface area contributed by atoms with Gasteiger partial charge in [0.15, 0.2) is 5.56 Å². The Hall–Kier alpha value is -1.85. The summed E-state index contributed by atoms with van der Waals surface area (Å²) in [6, 6.07) is 16.8. The fourth-order valence-electron chi connectivity index (χ4n) is 2.81. The highest BCUT2D eigenvalue weighted by molar-refractivity contribution is 7.99. The van der Waals surface area contributed by atoms with Crippen molar-refractivity contribution in [3.8, 4) is 0 Å². The Morgan fingerprint density at radius 1 is 1.16 bits per heavy atom. The van der Waals surface area contributed by atoms with Gasteiger partial charge in [-0.15, -0.1) is 0 Å². The van der Waals surface area contributed by atoms with Crippen LogP contribution < -0.4 is 4.90 Å². The van der Waals surface area contributed by atoms with Crippen LogP contribution in [0.2, 0.25) is 0 Å². The molecule has 1 amide bonds. The van der Waals surface area contributed by atoms with Crippen molar-refractivity contribution in [2.75, 3.05) is 25.0 Å². The van der Waals surface area contributed by atoms with E-state index < -0.39 is 11.7 Å². The molecule has 0 bridgehead atoms. The molecule has 0 saturated carbocycles. The van der Waals surface area contributed by atoms with Gasteiger partial charge in [0.1, 0.15) is 0 Å². The summed E-state index contributed by atoms with van der Waals surface area (Å²) in [5.41, 5.74) is 1.81. The standard InChI is InChI=1S/C19H21ClN2O2S/c1-14(20)24-19(23)21(2)12-7-13-22-15-8-3-5-10-17(15)25-18-11-6-4-9-16(18)22/h3-6,8-11,14H,7,12-13H2,1-2H3. The van der Waals surface area contributed by atoms with Gasteiger partial charge < -0.3 is 14.5 Å². The molecule has 1 aliphatic heterocycles. The zero-order valence-electron chi connectivity index (χ0n) is 14.3. The van der Waals surface area contributed by atoms with E-state index in [0.717, 1.165) is 13.0 Å². The summed E-state index contributed by atoms with van der Waals surface area (Å²) in [6.07, 6.45) is 0.438. The lowest BCUT2D eigenvalue weighted by Crippen LogP contribution is -2.32. The molecule has 0 aliphatic carbocycles. The van der Waals surface area contributed by atoms with Crippen molar-refractivity contribution < 1.29 is 9.53 Å². The Morgan fingerprint density at radius 3 is 2.28 bits per heavy atom. The molecule has 0 N–H and O–H groups in total. The largest absolute Gasteiger partial charge is 0.430 e. The second kappa shape index (κ2) is 8.02. The third kappa shape index (κ3) is 4.22. The maximum absolute atomic E-state index is 11.8. The van der Waals surface area contributed by atoms with Gasteiger partial charge in [-0.05, 0) is 37.6 Å². The lowest BCUT2D eigenvalue weighted by Gasteiger charge is -2.33. The van der Waals surface area contributed by atoms with Gasteiger partial charge in [0.25, 0.3) is 0 Å². The molecular weight excluding hydrogens is 356 g/mol. The molecule has 2 aromatic rings. The van der Waals surface area contributed by atoms with Gasteiger partial charge in [-0.25, -0.2) is 4.79 Å². The fraction of sp³-hybridized carbons (Fsp3) is 0.316. The number of fused-ring (bicyclic) bond motifs is 2. The molecule has 25 heavy (non-hydrogen) atoms. The average molecular weight is 377 g/mol. The first-order valence-electron chi connectivity index (χ1n) is 8.25. The predicted molar refractivity (Wildman–Crippen MR) is 103 cm³/mol. The molecule has 2 aromatic carbocycles. The lowest BCUT2D eigenvalue weighted by atomic mass is 10.2. The summed E-state index contributed by atoms with van der Waals surface area (Å²) in [5.74, 6) is 0. The second-order valence-corrected chi connectivity index (χ2v) is 7.59. The Balaban J connectivity index is 1.69. The first-order chi connectivity index (χ1) is 12.1. The van der Waals surface area contributed by atoms with E-state index in [4.69, 9.17) is 16.3 Å². The summed E-state index contributed by atoms with van der Waals surface area (Å²) in [5, 5.41) is 0. The molecule has 132 valence electrons. The lowest BCUT2D eigenvalue weighted by molar-refractivity contribution is 0.104. The van der Waals surface area contributed by atoms with Gasteiger partial charge >= 0.3 is 6.09 Å². The van der Waals surface area contributed by atoms with Crippen molar-refractivity contribution in [2.45, 2.75) is 28.7 Å². The van der Waals surface area contributed by atoms with E-state index in [2.05, 4.69) is 53.4 Å². The SMILES string of the molecule is CC(Cl)OC(=O)N(C)CCCN1c2ccccc2Sc2ccccc21. The van der Waals surface area contributed by atoms with E-state index >= 15 is 0 Å². The van der Waals surface area contributed by atoms with E-state index in [1.54, 1.807) is 30.6 Å². The molecule has 4 nitrogen and oxygen atoms in total. The summed E-state index contributed by atoms with van der Waals surface area (Å²) in [4.78, 5) is 18.2. The van der Waals surface area contributed by atoms with Gasteiger partial charge in [-0.3, -0.25) is 0 Å². The fourth-order valence-corrected chi connectivity index (χ4v) is 3.98. The van der Waals surface area contributed by atoms with Crippen molar-refractivity contribution in [1.82, 2.24) is 4.90 Å². The summed E-state index contributed by atoms with van der Waals surface area (Å²) in [6.45, 7) is 3.06. The molecule has 0 aromatic heterocycles.